The van der Waals surface area contributed by atoms with Gasteiger partial charge in [0.25, 0.3) is 0 Å². The topological polar surface area (TPSA) is 21.7 Å². The highest BCUT2D eigenvalue weighted by molar-refractivity contribution is 6.44. The van der Waals surface area contributed by atoms with E-state index in [2.05, 4.69) is 32.6 Å². The molecule has 1 aliphatic heterocycles. The minimum absolute atomic E-state index is 0.694. The summed E-state index contributed by atoms with van der Waals surface area (Å²) in [6.07, 6.45) is 5.06. The standard InChI is InChI=1S/C12H27NO2Si/c1-5-14-16(15-6-2)10-13-11(3)8-7-9-12(13)4/h11-12,16H,5-10H2,1-4H3/t11-,12+. The normalized spacial score (nSPS) is 27.6. The van der Waals surface area contributed by atoms with E-state index in [9.17, 15) is 0 Å². The molecule has 0 bridgehead atoms. The molecule has 1 heterocycles. The highest BCUT2D eigenvalue weighted by atomic mass is 28.3. The highest BCUT2D eigenvalue weighted by Crippen LogP contribution is 2.22. The molecule has 0 aromatic heterocycles. The molecule has 0 amide bonds. The minimum Gasteiger partial charge on any atom is -0.396 e. The van der Waals surface area contributed by atoms with Gasteiger partial charge in [0.2, 0.25) is 0 Å². The fraction of sp³-hybridized carbons (Fsp3) is 1.00. The van der Waals surface area contributed by atoms with E-state index in [0.717, 1.165) is 19.4 Å². The molecule has 0 radical (unpaired) electrons. The number of rotatable bonds is 6. The molecule has 4 heteroatoms. The lowest BCUT2D eigenvalue weighted by molar-refractivity contribution is 0.102. The van der Waals surface area contributed by atoms with E-state index < -0.39 is 9.28 Å². The second kappa shape index (κ2) is 7.43. The third-order valence-electron chi connectivity index (χ3n) is 3.44. The smallest absolute Gasteiger partial charge is 0.335 e. The molecule has 1 rings (SSSR count). The van der Waals surface area contributed by atoms with Gasteiger partial charge in [-0.2, -0.15) is 0 Å². The van der Waals surface area contributed by atoms with Crippen LogP contribution >= 0.6 is 0 Å². The molecule has 0 unspecified atom stereocenters. The predicted molar refractivity (Wildman–Crippen MR) is 69.9 cm³/mol. The average molecular weight is 245 g/mol. The summed E-state index contributed by atoms with van der Waals surface area (Å²) in [5.74, 6) is 0. The fourth-order valence-corrected chi connectivity index (χ4v) is 4.65. The van der Waals surface area contributed by atoms with Crippen LogP contribution in [0.2, 0.25) is 0 Å². The van der Waals surface area contributed by atoms with Crippen LogP contribution in [0, 0.1) is 0 Å². The Balaban J connectivity index is 2.46. The summed E-state index contributed by atoms with van der Waals surface area (Å²) in [5.41, 5.74) is 0. The van der Waals surface area contributed by atoms with Gasteiger partial charge in [0, 0.05) is 31.5 Å². The van der Waals surface area contributed by atoms with Crippen molar-refractivity contribution in [3.63, 3.8) is 0 Å². The third kappa shape index (κ3) is 4.16. The molecule has 1 aliphatic rings. The molecule has 96 valence electrons. The van der Waals surface area contributed by atoms with Crippen LogP contribution in [-0.2, 0) is 8.85 Å². The Morgan fingerprint density at radius 1 is 1.06 bits per heavy atom. The van der Waals surface area contributed by atoms with Crippen molar-refractivity contribution < 1.29 is 8.85 Å². The van der Waals surface area contributed by atoms with Crippen molar-refractivity contribution in [1.29, 1.82) is 0 Å². The molecule has 0 aromatic carbocycles. The Morgan fingerprint density at radius 3 is 2.00 bits per heavy atom. The van der Waals surface area contributed by atoms with Crippen molar-refractivity contribution in [1.82, 2.24) is 4.90 Å². The van der Waals surface area contributed by atoms with E-state index >= 15 is 0 Å². The summed E-state index contributed by atoms with van der Waals surface area (Å²) in [4.78, 5) is 2.59. The average Bonchev–Trinajstić information content (AvgIpc) is 2.24. The van der Waals surface area contributed by atoms with Crippen molar-refractivity contribution >= 4 is 9.28 Å². The highest BCUT2D eigenvalue weighted by Gasteiger charge is 2.28. The van der Waals surface area contributed by atoms with E-state index in [0.29, 0.717) is 12.1 Å². The molecule has 1 saturated heterocycles. The van der Waals surface area contributed by atoms with Crippen molar-refractivity contribution in [2.75, 3.05) is 19.4 Å². The zero-order valence-corrected chi connectivity index (χ0v) is 12.4. The largest absolute Gasteiger partial charge is 0.396 e. The van der Waals surface area contributed by atoms with Gasteiger partial charge in [-0.3, -0.25) is 4.90 Å². The maximum atomic E-state index is 5.76. The third-order valence-corrected chi connectivity index (χ3v) is 5.57. The summed E-state index contributed by atoms with van der Waals surface area (Å²) in [6, 6.07) is 1.39. The van der Waals surface area contributed by atoms with Crippen LogP contribution in [0.3, 0.4) is 0 Å². The maximum Gasteiger partial charge on any atom is 0.335 e. The molecular weight excluding hydrogens is 218 g/mol. The first-order valence-electron chi connectivity index (χ1n) is 6.68. The molecular formula is C12H27NO2Si. The number of likely N-dealkylation sites (tertiary alicyclic amines) is 1. The molecule has 0 saturated carbocycles. The van der Waals surface area contributed by atoms with Crippen molar-refractivity contribution in [3.8, 4) is 0 Å². The summed E-state index contributed by atoms with van der Waals surface area (Å²) >= 11 is 0. The van der Waals surface area contributed by atoms with E-state index in [1.165, 1.54) is 19.3 Å². The summed E-state index contributed by atoms with van der Waals surface area (Å²) in [5, 5.41) is 0. The van der Waals surface area contributed by atoms with Crippen molar-refractivity contribution in [2.45, 2.75) is 59.0 Å². The maximum absolute atomic E-state index is 5.76. The Morgan fingerprint density at radius 2 is 1.56 bits per heavy atom. The molecule has 1 fully saturated rings. The molecule has 16 heavy (non-hydrogen) atoms. The number of hydrogen-bond donors (Lipinski definition) is 0. The molecule has 0 spiro atoms. The Kier molecular flexibility index (Phi) is 6.57. The van der Waals surface area contributed by atoms with Crippen molar-refractivity contribution in [2.24, 2.45) is 0 Å². The summed E-state index contributed by atoms with van der Waals surface area (Å²) < 4.78 is 11.5. The lowest BCUT2D eigenvalue weighted by atomic mass is 9.99. The summed E-state index contributed by atoms with van der Waals surface area (Å²) in [6.45, 7) is 10.4. The van der Waals surface area contributed by atoms with Crippen LogP contribution < -0.4 is 0 Å². The molecule has 0 aromatic rings. The Labute approximate surface area is 102 Å². The fourth-order valence-electron chi connectivity index (χ4n) is 2.53. The second-order valence-corrected chi connectivity index (χ2v) is 6.56. The van der Waals surface area contributed by atoms with Gasteiger partial charge in [-0.1, -0.05) is 6.42 Å². The zero-order chi connectivity index (χ0) is 12.0. The molecule has 3 nitrogen and oxygen atoms in total. The second-order valence-electron chi connectivity index (χ2n) is 4.67. The van der Waals surface area contributed by atoms with E-state index in [-0.39, 0.29) is 0 Å². The zero-order valence-electron chi connectivity index (χ0n) is 11.2. The predicted octanol–water partition coefficient (Wildman–Crippen LogP) is 2.08. The van der Waals surface area contributed by atoms with E-state index in [4.69, 9.17) is 8.85 Å². The number of piperidine rings is 1. The van der Waals surface area contributed by atoms with Gasteiger partial charge in [0.1, 0.15) is 0 Å². The van der Waals surface area contributed by atoms with Crippen LogP contribution in [0.15, 0.2) is 0 Å². The van der Waals surface area contributed by atoms with Crippen LogP contribution in [0.4, 0.5) is 0 Å². The van der Waals surface area contributed by atoms with Crippen LogP contribution in [0.5, 0.6) is 0 Å². The van der Waals surface area contributed by atoms with Crippen LogP contribution in [-0.4, -0.2) is 45.6 Å². The van der Waals surface area contributed by atoms with Gasteiger partial charge >= 0.3 is 9.28 Å². The Hall–Kier alpha value is 0.0969. The quantitative estimate of drug-likeness (QED) is 0.669. The molecule has 2 atom stereocenters. The first-order valence-corrected chi connectivity index (χ1v) is 8.43. The lowest BCUT2D eigenvalue weighted by Crippen LogP contribution is -2.50. The number of nitrogens with zero attached hydrogens (tertiary/aromatic N) is 1. The van der Waals surface area contributed by atoms with Gasteiger partial charge in [0.05, 0.1) is 0 Å². The van der Waals surface area contributed by atoms with Crippen molar-refractivity contribution in [3.05, 3.63) is 0 Å². The van der Waals surface area contributed by atoms with Gasteiger partial charge in [-0.15, -0.1) is 0 Å². The molecule has 0 aliphatic carbocycles. The lowest BCUT2D eigenvalue weighted by Gasteiger charge is -2.40. The van der Waals surface area contributed by atoms with Crippen LogP contribution in [0.1, 0.15) is 47.0 Å². The Bertz CT molecular complexity index is 176. The first-order chi connectivity index (χ1) is 7.69. The van der Waals surface area contributed by atoms with E-state index in [1.54, 1.807) is 0 Å². The monoisotopic (exact) mass is 245 g/mol. The van der Waals surface area contributed by atoms with Gasteiger partial charge in [-0.25, -0.2) is 0 Å². The minimum atomic E-state index is -1.46. The van der Waals surface area contributed by atoms with Gasteiger partial charge in [-0.05, 0) is 40.5 Å². The number of hydrogen-bond acceptors (Lipinski definition) is 3. The van der Waals surface area contributed by atoms with Crippen LogP contribution in [0.25, 0.3) is 0 Å². The molecule has 0 N–H and O–H groups in total. The SMILES string of the molecule is CCO[SiH](CN1[C@H](C)CCC[C@@H]1C)OCC. The van der Waals surface area contributed by atoms with Gasteiger partial charge < -0.3 is 8.85 Å². The van der Waals surface area contributed by atoms with Gasteiger partial charge in [0.15, 0.2) is 0 Å². The first kappa shape index (κ1) is 14.2. The summed E-state index contributed by atoms with van der Waals surface area (Å²) in [7, 11) is -1.46. The van der Waals surface area contributed by atoms with E-state index in [1.807, 2.05) is 0 Å².